The number of hydrogen-bond donors (Lipinski definition) is 1. The monoisotopic (exact) mass is 243 g/mol. The fourth-order valence-electron chi connectivity index (χ4n) is 1.70. The zero-order valence-corrected chi connectivity index (χ0v) is 10.6. The molecule has 0 fully saturated rings. The Hall–Kier alpha value is -2.16. The van der Waals surface area contributed by atoms with Gasteiger partial charge in [-0.15, -0.1) is 0 Å². The molecule has 2 aromatic rings. The molecule has 0 atom stereocenters. The molecular formula is C15H17NO2. The van der Waals surface area contributed by atoms with Gasteiger partial charge in [0.15, 0.2) is 0 Å². The van der Waals surface area contributed by atoms with Gasteiger partial charge in [0.25, 0.3) is 0 Å². The fraction of sp³-hybridized carbons (Fsp3) is 0.200. The van der Waals surface area contributed by atoms with Gasteiger partial charge in [-0.25, -0.2) is 0 Å². The third-order valence-corrected chi connectivity index (χ3v) is 2.74. The van der Waals surface area contributed by atoms with Crippen molar-refractivity contribution in [2.75, 3.05) is 12.8 Å². The molecule has 0 saturated heterocycles. The van der Waals surface area contributed by atoms with Gasteiger partial charge in [0, 0.05) is 17.3 Å². The molecular weight excluding hydrogens is 226 g/mol. The Bertz CT molecular complexity index is 538. The van der Waals surface area contributed by atoms with Crippen molar-refractivity contribution >= 4 is 5.69 Å². The van der Waals surface area contributed by atoms with Crippen LogP contribution < -0.4 is 15.2 Å². The van der Waals surface area contributed by atoms with Crippen molar-refractivity contribution in [3.8, 4) is 11.5 Å². The number of hydrogen-bond acceptors (Lipinski definition) is 3. The van der Waals surface area contributed by atoms with Crippen molar-refractivity contribution in [3.05, 3.63) is 53.6 Å². The molecule has 2 N–H and O–H groups in total. The van der Waals surface area contributed by atoms with Crippen molar-refractivity contribution in [1.29, 1.82) is 0 Å². The molecule has 94 valence electrons. The molecule has 0 saturated carbocycles. The third kappa shape index (κ3) is 2.94. The number of rotatable bonds is 4. The first-order valence-electron chi connectivity index (χ1n) is 5.81. The summed E-state index contributed by atoms with van der Waals surface area (Å²) in [6.07, 6.45) is 0. The number of nitrogen functional groups attached to an aromatic ring is 1. The predicted octanol–water partition coefficient (Wildman–Crippen LogP) is 3.16. The lowest BCUT2D eigenvalue weighted by molar-refractivity contribution is 0.304. The highest BCUT2D eigenvalue weighted by Crippen LogP contribution is 2.21. The molecule has 0 radical (unpaired) electrons. The molecule has 18 heavy (non-hydrogen) atoms. The first kappa shape index (κ1) is 12.3. The Morgan fingerprint density at radius 3 is 2.56 bits per heavy atom. The summed E-state index contributed by atoms with van der Waals surface area (Å²) in [5, 5.41) is 0. The first-order chi connectivity index (χ1) is 8.69. The van der Waals surface area contributed by atoms with Crippen LogP contribution in [0, 0.1) is 6.92 Å². The van der Waals surface area contributed by atoms with E-state index in [-0.39, 0.29) is 0 Å². The maximum atomic E-state index is 5.94. The van der Waals surface area contributed by atoms with E-state index in [9.17, 15) is 0 Å². The van der Waals surface area contributed by atoms with Gasteiger partial charge in [-0.2, -0.15) is 0 Å². The lowest BCUT2D eigenvalue weighted by Crippen LogP contribution is -2.00. The molecule has 0 amide bonds. The van der Waals surface area contributed by atoms with Gasteiger partial charge in [0.2, 0.25) is 0 Å². The van der Waals surface area contributed by atoms with Crippen LogP contribution in [0.5, 0.6) is 11.5 Å². The Morgan fingerprint density at radius 1 is 1.06 bits per heavy atom. The van der Waals surface area contributed by atoms with Crippen LogP contribution in [0.4, 0.5) is 5.69 Å². The minimum absolute atomic E-state index is 0.458. The summed E-state index contributed by atoms with van der Waals surface area (Å²) >= 11 is 0. The Labute approximate surface area is 107 Å². The fourth-order valence-corrected chi connectivity index (χ4v) is 1.70. The SMILES string of the molecule is COc1cccc(OCc2ccc(C)cc2N)c1. The predicted molar refractivity (Wildman–Crippen MR) is 72.9 cm³/mol. The number of benzene rings is 2. The zero-order chi connectivity index (χ0) is 13.0. The van der Waals surface area contributed by atoms with Gasteiger partial charge in [0.1, 0.15) is 18.1 Å². The summed E-state index contributed by atoms with van der Waals surface area (Å²) in [5.74, 6) is 1.55. The maximum absolute atomic E-state index is 5.94. The van der Waals surface area contributed by atoms with Crippen LogP contribution in [0.2, 0.25) is 0 Å². The average Bonchev–Trinajstić information content (AvgIpc) is 2.38. The van der Waals surface area contributed by atoms with Gasteiger partial charge < -0.3 is 15.2 Å². The number of nitrogens with two attached hydrogens (primary N) is 1. The highest BCUT2D eigenvalue weighted by atomic mass is 16.5. The van der Waals surface area contributed by atoms with E-state index in [0.717, 1.165) is 28.3 Å². The van der Waals surface area contributed by atoms with E-state index < -0.39 is 0 Å². The zero-order valence-electron chi connectivity index (χ0n) is 10.6. The number of aryl methyl sites for hydroxylation is 1. The second-order valence-corrected chi connectivity index (χ2v) is 4.17. The molecule has 0 aliphatic carbocycles. The lowest BCUT2D eigenvalue weighted by Gasteiger charge is -2.10. The minimum atomic E-state index is 0.458. The normalized spacial score (nSPS) is 10.1. The molecule has 0 heterocycles. The summed E-state index contributed by atoms with van der Waals surface area (Å²) < 4.78 is 10.8. The highest BCUT2D eigenvalue weighted by molar-refractivity contribution is 5.48. The third-order valence-electron chi connectivity index (χ3n) is 2.74. The summed E-state index contributed by atoms with van der Waals surface area (Å²) in [6, 6.07) is 13.5. The quantitative estimate of drug-likeness (QED) is 0.839. The van der Waals surface area contributed by atoms with Gasteiger partial charge in [-0.05, 0) is 30.7 Å². The van der Waals surface area contributed by atoms with Crippen LogP contribution in [-0.4, -0.2) is 7.11 Å². The van der Waals surface area contributed by atoms with E-state index in [1.54, 1.807) is 7.11 Å². The first-order valence-corrected chi connectivity index (χ1v) is 5.81. The summed E-state index contributed by atoms with van der Waals surface area (Å²) in [6.45, 7) is 2.47. The van der Waals surface area contributed by atoms with Crippen LogP contribution in [0.25, 0.3) is 0 Å². The van der Waals surface area contributed by atoms with Crippen LogP contribution >= 0.6 is 0 Å². The van der Waals surface area contributed by atoms with E-state index in [1.807, 2.05) is 49.4 Å². The van der Waals surface area contributed by atoms with E-state index in [4.69, 9.17) is 15.2 Å². The van der Waals surface area contributed by atoms with Crippen LogP contribution in [0.15, 0.2) is 42.5 Å². The molecule has 0 aromatic heterocycles. The van der Waals surface area contributed by atoms with Crippen molar-refractivity contribution in [2.45, 2.75) is 13.5 Å². The summed E-state index contributed by atoms with van der Waals surface area (Å²) in [4.78, 5) is 0. The smallest absolute Gasteiger partial charge is 0.123 e. The Balaban J connectivity index is 2.06. The van der Waals surface area contributed by atoms with Gasteiger partial charge in [-0.3, -0.25) is 0 Å². The average molecular weight is 243 g/mol. The Morgan fingerprint density at radius 2 is 1.83 bits per heavy atom. The Kier molecular flexibility index (Phi) is 3.72. The molecule has 0 spiro atoms. The van der Waals surface area contributed by atoms with Crippen molar-refractivity contribution < 1.29 is 9.47 Å². The van der Waals surface area contributed by atoms with Crippen molar-refractivity contribution in [2.24, 2.45) is 0 Å². The lowest BCUT2D eigenvalue weighted by atomic mass is 10.1. The van der Waals surface area contributed by atoms with E-state index in [0.29, 0.717) is 6.61 Å². The van der Waals surface area contributed by atoms with Gasteiger partial charge in [0.05, 0.1) is 7.11 Å². The van der Waals surface area contributed by atoms with E-state index >= 15 is 0 Å². The van der Waals surface area contributed by atoms with Gasteiger partial charge in [-0.1, -0.05) is 18.2 Å². The van der Waals surface area contributed by atoms with Gasteiger partial charge >= 0.3 is 0 Å². The molecule has 2 aromatic carbocycles. The topological polar surface area (TPSA) is 44.5 Å². The molecule has 2 rings (SSSR count). The molecule has 0 aliphatic heterocycles. The molecule has 0 unspecified atom stereocenters. The van der Waals surface area contributed by atoms with Crippen molar-refractivity contribution in [3.63, 3.8) is 0 Å². The maximum Gasteiger partial charge on any atom is 0.123 e. The van der Waals surface area contributed by atoms with Crippen LogP contribution in [0.1, 0.15) is 11.1 Å². The second kappa shape index (κ2) is 5.45. The standard InChI is InChI=1S/C15H17NO2/c1-11-6-7-12(15(16)8-11)10-18-14-5-3-4-13(9-14)17-2/h3-9H,10,16H2,1-2H3. The molecule has 3 heteroatoms. The largest absolute Gasteiger partial charge is 0.497 e. The molecule has 0 aliphatic rings. The molecule has 3 nitrogen and oxygen atoms in total. The molecule has 0 bridgehead atoms. The highest BCUT2D eigenvalue weighted by Gasteiger charge is 2.01. The number of methoxy groups -OCH3 is 1. The number of ether oxygens (including phenoxy) is 2. The summed E-state index contributed by atoms with van der Waals surface area (Å²) in [5.41, 5.74) is 8.84. The summed E-state index contributed by atoms with van der Waals surface area (Å²) in [7, 11) is 1.64. The minimum Gasteiger partial charge on any atom is -0.497 e. The van der Waals surface area contributed by atoms with E-state index in [2.05, 4.69) is 0 Å². The number of anilines is 1. The second-order valence-electron chi connectivity index (χ2n) is 4.17. The van der Waals surface area contributed by atoms with E-state index in [1.165, 1.54) is 0 Å². The van der Waals surface area contributed by atoms with Crippen LogP contribution in [-0.2, 0) is 6.61 Å². The van der Waals surface area contributed by atoms with Crippen LogP contribution in [0.3, 0.4) is 0 Å². The van der Waals surface area contributed by atoms with Crippen molar-refractivity contribution in [1.82, 2.24) is 0 Å².